The summed E-state index contributed by atoms with van der Waals surface area (Å²) in [5.41, 5.74) is 2.83. The normalized spacial score (nSPS) is 10.9. The number of halogens is 1. The highest BCUT2D eigenvalue weighted by molar-refractivity contribution is 6.11. The number of benzene rings is 1. The molecule has 0 aliphatic rings. The third kappa shape index (κ3) is 2.52. The van der Waals surface area contributed by atoms with E-state index < -0.39 is 11.7 Å². The Bertz CT molecular complexity index is 887. The number of aryl methyl sites for hydroxylation is 3. The maximum atomic E-state index is 13.8. The zero-order valence-electron chi connectivity index (χ0n) is 12.4. The Kier molecular flexibility index (Phi) is 3.32. The van der Waals surface area contributed by atoms with Gasteiger partial charge >= 0.3 is 0 Å². The van der Waals surface area contributed by atoms with Gasteiger partial charge in [0.2, 0.25) is 0 Å². The average molecular weight is 299 g/mol. The van der Waals surface area contributed by atoms with Crippen LogP contribution in [-0.4, -0.2) is 25.7 Å². The Labute approximate surface area is 126 Å². The van der Waals surface area contributed by atoms with E-state index in [0.717, 1.165) is 6.07 Å². The first-order chi connectivity index (χ1) is 10.4. The van der Waals surface area contributed by atoms with Crippen molar-refractivity contribution in [2.75, 3.05) is 5.32 Å². The van der Waals surface area contributed by atoms with Crippen molar-refractivity contribution in [1.29, 1.82) is 0 Å². The van der Waals surface area contributed by atoms with Crippen LogP contribution in [0.1, 0.15) is 21.7 Å². The highest BCUT2D eigenvalue weighted by Crippen LogP contribution is 2.20. The number of fused-ring (bicyclic) bond motifs is 1. The van der Waals surface area contributed by atoms with Gasteiger partial charge in [-0.25, -0.2) is 14.4 Å². The molecule has 0 aliphatic heterocycles. The maximum Gasteiger partial charge on any atom is 0.258 e. The van der Waals surface area contributed by atoms with E-state index in [1.54, 1.807) is 31.8 Å². The Hall–Kier alpha value is -2.83. The lowest BCUT2D eigenvalue weighted by Crippen LogP contribution is -2.13. The fourth-order valence-corrected chi connectivity index (χ4v) is 2.16. The molecule has 0 fully saturated rings. The minimum Gasteiger partial charge on any atom is -0.319 e. The monoisotopic (exact) mass is 299 g/mol. The molecule has 7 heteroatoms. The number of hydrogen-bond donors (Lipinski definition) is 1. The lowest BCUT2D eigenvalue weighted by Gasteiger charge is -2.08. The fourth-order valence-electron chi connectivity index (χ4n) is 2.16. The molecular weight excluding hydrogens is 285 g/mol. The molecule has 2 aromatic heterocycles. The van der Waals surface area contributed by atoms with Crippen LogP contribution in [0.2, 0.25) is 0 Å². The average Bonchev–Trinajstić information content (AvgIpc) is 2.85. The summed E-state index contributed by atoms with van der Waals surface area (Å²) in [6, 6.07) is 2.44. The second-order valence-electron chi connectivity index (χ2n) is 5.07. The highest BCUT2D eigenvalue weighted by Gasteiger charge is 2.16. The molecule has 0 saturated carbocycles. The molecule has 1 N–H and O–H groups in total. The van der Waals surface area contributed by atoms with Crippen molar-refractivity contribution >= 4 is 22.6 Å². The van der Waals surface area contributed by atoms with E-state index in [2.05, 4.69) is 20.4 Å². The van der Waals surface area contributed by atoms with E-state index in [0.29, 0.717) is 28.1 Å². The molecule has 0 aliphatic carbocycles. The second-order valence-corrected chi connectivity index (χ2v) is 5.07. The van der Waals surface area contributed by atoms with Crippen LogP contribution in [-0.2, 0) is 7.05 Å². The number of hydrogen-bond acceptors (Lipinski definition) is 4. The molecule has 0 radical (unpaired) electrons. The van der Waals surface area contributed by atoms with Gasteiger partial charge in [-0.15, -0.1) is 0 Å². The molecule has 0 spiro atoms. The van der Waals surface area contributed by atoms with Gasteiger partial charge in [0, 0.05) is 19.3 Å². The van der Waals surface area contributed by atoms with E-state index in [9.17, 15) is 9.18 Å². The summed E-state index contributed by atoms with van der Waals surface area (Å²) in [5.74, 6) is -0.976. The third-order valence-electron chi connectivity index (χ3n) is 3.35. The molecule has 0 saturated heterocycles. The molecule has 0 atom stereocenters. The highest BCUT2D eigenvalue weighted by atomic mass is 19.1. The van der Waals surface area contributed by atoms with Crippen LogP contribution in [0.3, 0.4) is 0 Å². The molecule has 22 heavy (non-hydrogen) atoms. The fraction of sp³-hybridized carbons (Fsp3) is 0.200. The van der Waals surface area contributed by atoms with Gasteiger partial charge in [-0.2, -0.15) is 5.10 Å². The lowest BCUT2D eigenvalue weighted by atomic mass is 10.1. The molecule has 0 unspecified atom stereocenters. The Morgan fingerprint density at radius 1 is 1.23 bits per heavy atom. The van der Waals surface area contributed by atoms with E-state index in [-0.39, 0.29) is 5.56 Å². The van der Waals surface area contributed by atoms with Gasteiger partial charge in [0.1, 0.15) is 11.3 Å². The van der Waals surface area contributed by atoms with Crippen LogP contribution in [0, 0.1) is 19.7 Å². The van der Waals surface area contributed by atoms with Gasteiger partial charge in [-0.3, -0.25) is 9.48 Å². The zero-order chi connectivity index (χ0) is 15.9. The van der Waals surface area contributed by atoms with Crippen LogP contribution in [0.25, 0.3) is 11.0 Å². The van der Waals surface area contributed by atoms with Crippen LogP contribution in [0.5, 0.6) is 0 Å². The molecule has 112 valence electrons. The van der Waals surface area contributed by atoms with Crippen molar-refractivity contribution in [3.8, 4) is 0 Å². The largest absolute Gasteiger partial charge is 0.319 e. The third-order valence-corrected chi connectivity index (χ3v) is 3.35. The summed E-state index contributed by atoms with van der Waals surface area (Å²) in [6.07, 6.45) is 3.17. The van der Waals surface area contributed by atoms with Gasteiger partial charge in [0.05, 0.1) is 34.4 Å². The lowest BCUT2D eigenvalue weighted by molar-refractivity contribution is 0.102. The van der Waals surface area contributed by atoms with Crippen LogP contribution in [0.4, 0.5) is 10.1 Å². The number of carbonyl (C=O) groups is 1. The number of nitrogens with one attached hydrogen (secondary N) is 1. The van der Waals surface area contributed by atoms with Gasteiger partial charge in [-0.05, 0) is 19.9 Å². The summed E-state index contributed by atoms with van der Waals surface area (Å²) in [5, 5.41) is 6.64. The van der Waals surface area contributed by atoms with E-state index in [1.807, 2.05) is 0 Å². The molecule has 0 bridgehead atoms. The van der Waals surface area contributed by atoms with Crippen molar-refractivity contribution in [2.24, 2.45) is 7.05 Å². The molecule has 1 aromatic carbocycles. The summed E-state index contributed by atoms with van der Waals surface area (Å²) in [7, 11) is 1.74. The van der Waals surface area contributed by atoms with Gasteiger partial charge in [0.25, 0.3) is 5.91 Å². The second kappa shape index (κ2) is 5.18. The first-order valence-corrected chi connectivity index (χ1v) is 6.68. The quantitative estimate of drug-likeness (QED) is 0.788. The molecule has 3 rings (SSSR count). The predicted octanol–water partition coefficient (Wildman–Crippen LogP) is 2.37. The summed E-state index contributed by atoms with van der Waals surface area (Å²) in [6.45, 7) is 3.59. The Morgan fingerprint density at radius 2 is 1.95 bits per heavy atom. The minimum absolute atomic E-state index is 0.148. The van der Waals surface area contributed by atoms with E-state index >= 15 is 0 Å². The van der Waals surface area contributed by atoms with Gasteiger partial charge in [-0.1, -0.05) is 0 Å². The predicted molar refractivity (Wildman–Crippen MR) is 80.1 cm³/mol. The van der Waals surface area contributed by atoms with E-state index in [1.165, 1.54) is 12.3 Å². The number of amides is 1. The number of carbonyl (C=O) groups excluding carboxylic acids is 1. The number of nitrogens with zero attached hydrogens (tertiary/aromatic N) is 4. The molecule has 2 heterocycles. The first-order valence-electron chi connectivity index (χ1n) is 6.68. The SMILES string of the molecule is Cc1nc2cc(F)cc(C(=O)Nc3cnn(C)c3)c2nc1C. The summed E-state index contributed by atoms with van der Waals surface area (Å²) >= 11 is 0. The number of anilines is 1. The molecular formula is C15H14FN5O. The van der Waals surface area contributed by atoms with Crippen molar-refractivity contribution in [1.82, 2.24) is 19.7 Å². The molecule has 3 aromatic rings. The number of aromatic nitrogens is 4. The van der Waals surface area contributed by atoms with Crippen molar-refractivity contribution in [3.63, 3.8) is 0 Å². The topological polar surface area (TPSA) is 72.7 Å². The van der Waals surface area contributed by atoms with Gasteiger partial charge < -0.3 is 5.32 Å². The van der Waals surface area contributed by atoms with Gasteiger partial charge in [0.15, 0.2) is 0 Å². The number of rotatable bonds is 2. The smallest absolute Gasteiger partial charge is 0.258 e. The van der Waals surface area contributed by atoms with Crippen molar-refractivity contribution in [2.45, 2.75) is 13.8 Å². The zero-order valence-corrected chi connectivity index (χ0v) is 12.4. The van der Waals surface area contributed by atoms with Crippen LogP contribution >= 0.6 is 0 Å². The molecule has 6 nitrogen and oxygen atoms in total. The van der Waals surface area contributed by atoms with E-state index in [4.69, 9.17) is 0 Å². The minimum atomic E-state index is -0.526. The first kappa shape index (κ1) is 14.1. The standard InChI is InChI=1S/C15H14FN5O/c1-8-9(2)19-14-12(4-10(16)5-13(14)18-8)15(22)20-11-6-17-21(3)7-11/h4-7H,1-3H3,(H,20,22). The maximum absolute atomic E-state index is 13.8. The van der Waals surface area contributed by atoms with Crippen LogP contribution < -0.4 is 5.32 Å². The van der Waals surface area contributed by atoms with Crippen LogP contribution in [0.15, 0.2) is 24.5 Å². The summed E-state index contributed by atoms with van der Waals surface area (Å²) in [4.78, 5) is 21.1. The van der Waals surface area contributed by atoms with Crippen molar-refractivity contribution in [3.05, 3.63) is 47.3 Å². The summed E-state index contributed by atoms with van der Waals surface area (Å²) < 4.78 is 15.3. The van der Waals surface area contributed by atoms with Crippen molar-refractivity contribution < 1.29 is 9.18 Å². The molecule has 1 amide bonds. The Balaban J connectivity index is 2.09. The Morgan fingerprint density at radius 3 is 2.64 bits per heavy atom.